The predicted molar refractivity (Wildman–Crippen MR) is 172 cm³/mol. The number of ether oxygens (including phenoxy) is 3. The van der Waals surface area contributed by atoms with Gasteiger partial charge in [-0.3, -0.25) is 19.4 Å². The molecule has 1 aromatic carbocycles. The number of carbonyl (C=O) groups is 3. The van der Waals surface area contributed by atoms with Crippen molar-refractivity contribution in [3.05, 3.63) is 54.2 Å². The van der Waals surface area contributed by atoms with E-state index in [1.54, 1.807) is 59.2 Å². The monoisotopic (exact) mass is 661 g/mol. The van der Waals surface area contributed by atoms with E-state index < -0.39 is 18.0 Å². The number of methoxy groups -OCH3 is 1. The lowest BCUT2D eigenvalue weighted by Crippen LogP contribution is -2.61. The number of nitrogens with zero attached hydrogens (tertiary/aromatic N) is 2. The number of hydrogen-bond donors (Lipinski definition) is 4. The third-order valence-electron chi connectivity index (χ3n) is 7.39. The lowest BCUT2D eigenvalue weighted by atomic mass is 10.00. The Hall–Kier alpha value is -2.88. The zero-order valence-corrected chi connectivity index (χ0v) is 27.5. The Labute approximate surface area is 272 Å². The second-order valence-electron chi connectivity index (χ2n) is 11.2. The molecule has 246 valence electrons. The number of phenolic OH excluding ortho intramolecular Hbond substituents is 1. The van der Waals surface area contributed by atoms with Crippen LogP contribution < -0.4 is 16.1 Å². The fourth-order valence-corrected chi connectivity index (χ4v) is 6.74. The van der Waals surface area contributed by atoms with Crippen LogP contribution in [0.3, 0.4) is 0 Å². The number of pyridine rings is 1. The Morgan fingerprint density at radius 3 is 2.73 bits per heavy atom. The maximum Gasteiger partial charge on any atom is 0.259 e. The number of aromatic nitrogens is 1. The van der Waals surface area contributed by atoms with Gasteiger partial charge >= 0.3 is 0 Å². The molecule has 2 fully saturated rings. The minimum absolute atomic E-state index is 0.0674. The number of epoxide rings is 1. The molecule has 1 aromatic heterocycles. The molecule has 2 aliphatic rings. The van der Waals surface area contributed by atoms with Crippen LogP contribution in [0.15, 0.2) is 53.7 Å². The van der Waals surface area contributed by atoms with Gasteiger partial charge < -0.3 is 30.0 Å². The van der Waals surface area contributed by atoms with Gasteiger partial charge in [0.25, 0.3) is 5.91 Å². The molecule has 2 aromatic rings. The molecule has 4 N–H and O–H groups in total. The molecule has 3 heterocycles. The standard InChI is InChI=1S/C31H43N5O7S2/c1-20(2)27(34-25(38)12-15-42-16-17-44-45-26-11-4-5-13-32-26)29(39)33-24(19-21-8-6-9-22(37)18-21)30(40)36-14-7-10-23(35-36)28-31(41-3)43-28/h4-6,8-9,11,13,18,20,23-24,27-28,31,35,37H,7,10,12,14-17,19H2,1-3H3,(H,33,39)(H,34,38)/t23-,24-,27-,28?,31?/m0/s1. The lowest BCUT2D eigenvalue weighted by Gasteiger charge is -2.36. The molecule has 14 heteroatoms. The summed E-state index contributed by atoms with van der Waals surface area (Å²) in [5.74, 6) is -0.513. The van der Waals surface area contributed by atoms with Gasteiger partial charge in [-0.25, -0.2) is 10.4 Å². The van der Waals surface area contributed by atoms with E-state index in [0.717, 1.165) is 23.6 Å². The highest BCUT2D eigenvalue weighted by atomic mass is 33.1. The minimum atomic E-state index is -0.938. The van der Waals surface area contributed by atoms with E-state index in [-0.39, 0.29) is 61.4 Å². The van der Waals surface area contributed by atoms with Crippen molar-refractivity contribution in [3.8, 4) is 5.75 Å². The van der Waals surface area contributed by atoms with Crippen LogP contribution in [-0.4, -0.2) is 96.0 Å². The molecular weight excluding hydrogens is 619 g/mol. The molecule has 0 spiro atoms. The van der Waals surface area contributed by atoms with Gasteiger partial charge in [-0.15, -0.1) is 0 Å². The summed E-state index contributed by atoms with van der Waals surface area (Å²) in [5, 5.41) is 18.2. The number of hydrogen-bond acceptors (Lipinski definition) is 11. The number of hydrazine groups is 1. The Balaban J connectivity index is 1.29. The summed E-state index contributed by atoms with van der Waals surface area (Å²) < 4.78 is 16.4. The second kappa shape index (κ2) is 17.7. The summed E-state index contributed by atoms with van der Waals surface area (Å²) >= 11 is 0. The van der Waals surface area contributed by atoms with Crippen molar-refractivity contribution in [1.82, 2.24) is 26.1 Å². The van der Waals surface area contributed by atoms with Gasteiger partial charge in [-0.2, -0.15) is 0 Å². The fourth-order valence-electron chi connectivity index (χ4n) is 5.00. The summed E-state index contributed by atoms with van der Waals surface area (Å²) in [6.45, 7) is 4.85. The molecule has 2 saturated heterocycles. The van der Waals surface area contributed by atoms with Crippen molar-refractivity contribution >= 4 is 39.3 Å². The van der Waals surface area contributed by atoms with Crippen molar-refractivity contribution in [3.63, 3.8) is 0 Å². The van der Waals surface area contributed by atoms with Crippen molar-refractivity contribution < 1.29 is 33.7 Å². The van der Waals surface area contributed by atoms with Gasteiger partial charge in [0.15, 0.2) is 6.29 Å². The van der Waals surface area contributed by atoms with Crippen molar-refractivity contribution in [2.45, 2.75) is 75.1 Å². The molecule has 0 aliphatic carbocycles. The van der Waals surface area contributed by atoms with Crippen molar-refractivity contribution in [2.75, 3.05) is 32.6 Å². The Kier molecular flexibility index (Phi) is 13.8. The molecule has 45 heavy (non-hydrogen) atoms. The first-order valence-electron chi connectivity index (χ1n) is 15.2. The molecule has 12 nitrogen and oxygen atoms in total. The first-order chi connectivity index (χ1) is 21.7. The number of aromatic hydroxyl groups is 1. The lowest BCUT2D eigenvalue weighted by molar-refractivity contribution is -0.142. The minimum Gasteiger partial charge on any atom is -0.508 e. The SMILES string of the molecule is COC1OC1[C@@H]1CCCN(C(=O)[C@H](Cc2cccc(O)c2)NC(=O)[C@@H](NC(=O)CCOCCSSc2ccccn2)C(C)C)N1. The quantitative estimate of drug-likeness (QED) is 0.112. The Morgan fingerprint density at radius 2 is 2.02 bits per heavy atom. The highest BCUT2D eigenvalue weighted by molar-refractivity contribution is 8.76. The zero-order chi connectivity index (χ0) is 32.2. The van der Waals surface area contributed by atoms with Crippen molar-refractivity contribution in [1.29, 1.82) is 0 Å². The second-order valence-corrected chi connectivity index (χ2v) is 13.7. The third kappa shape index (κ3) is 11.2. The smallest absolute Gasteiger partial charge is 0.259 e. The van der Waals surface area contributed by atoms with Crippen LogP contribution in [0.4, 0.5) is 0 Å². The molecule has 4 rings (SSSR count). The highest BCUT2D eigenvalue weighted by Crippen LogP contribution is 2.30. The number of nitrogens with one attached hydrogen (secondary N) is 3. The van der Waals surface area contributed by atoms with E-state index in [1.165, 1.54) is 5.01 Å². The number of amides is 3. The van der Waals surface area contributed by atoms with E-state index >= 15 is 0 Å². The first kappa shape index (κ1) is 35.0. The molecule has 3 amide bonds. The number of carbonyl (C=O) groups excluding carboxylic acids is 3. The summed E-state index contributed by atoms with van der Waals surface area (Å²) in [5.41, 5.74) is 3.94. The first-order valence-corrected chi connectivity index (χ1v) is 17.5. The van der Waals surface area contributed by atoms with Gasteiger partial charge in [-0.1, -0.05) is 42.8 Å². The van der Waals surface area contributed by atoms with Crippen LogP contribution >= 0.6 is 21.6 Å². The van der Waals surface area contributed by atoms with Gasteiger partial charge in [-0.05, 0) is 59.4 Å². The van der Waals surface area contributed by atoms with Gasteiger partial charge in [0, 0.05) is 38.4 Å². The van der Waals surface area contributed by atoms with Crippen LogP contribution in [0.5, 0.6) is 5.75 Å². The Bertz CT molecular complexity index is 1260. The maximum atomic E-state index is 13.8. The summed E-state index contributed by atoms with van der Waals surface area (Å²) in [6.07, 6.45) is 3.16. The van der Waals surface area contributed by atoms with E-state index in [2.05, 4.69) is 21.0 Å². The summed E-state index contributed by atoms with van der Waals surface area (Å²) in [6, 6.07) is 10.5. The van der Waals surface area contributed by atoms with Crippen LogP contribution in [0, 0.1) is 5.92 Å². The largest absolute Gasteiger partial charge is 0.508 e. The van der Waals surface area contributed by atoms with E-state index in [1.807, 2.05) is 32.0 Å². The maximum absolute atomic E-state index is 13.8. The van der Waals surface area contributed by atoms with Crippen LogP contribution in [0.1, 0.15) is 38.7 Å². The van der Waals surface area contributed by atoms with E-state index in [9.17, 15) is 19.5 Å². The van der Waals surface area contributed by atoms with Crippen LogP contribution in [0.2, 0.25) is 0 Å². The molecule has 2 aliphatic heterocycles. The average Bonchev–Trinajstić information content (AvgIpc) is 3.83. The third-order valence-corrected chi connectivity index (χ3v) is 9.62. The van der Waals surface area contributed by atoms with Crippen LogP contribution in [0.25, 0.3) is 0 Å². The molecular formula is C31H43N5O7S2. The number of phenols is 1. The van der Waals surface area contributed by atoms with Gasteiger partial charge in [0.2, 0.25) is 11.8 Å². The normalized spacial score (nSPS) is 20.8. The average molecular weight is 662 g/mol. The zero-order valence-electron chi connectivity index (χ0n) is 25.8. The number of benzene rings is 1. The fraction of sp³-hybridized carbons (Fsp3) is 0.548. The highest BCUT2D eigenvalue weighted by Gasteiger charge is 2.47. The van der Waals surface area contributed by atoms with Crippen molar-refractivity contribution in [2.24, 2.45) is 5.92 Å². The summed E-state index contributed by atoms with van der Waals surface area (Å²) in [7, 11) is 4.77. The molecule has 5 atom stereocenters. The van der Waals surface area contributed by atoms with E-state index in [4.69, 9.17) is 14.2 Å². The van der Waals surface area contributed by atoms with Crippen LogP contribution in [-0.2, 0) is 35.0 Å². The summed E-state index contributed by atoms with van der Waals surface area (Å²) in [4.78, 5) is 44.4. The van der Waals surface area contributed by atoms with Gasteiger partial charge in [0.1, 0.15) is 29.0 Å². The van der Waals surface area contributed by atoms with E-state index in [0.29, 0.717) is 18.7 Å². The molecule has 0 saturated carbocycles. The molecule has 0 bridgehead atoms. The topological polar surface area (TPSA) is 155 Å². The molecule has 0 radical (unpaired) electrons. The molecule has 2 unspecified atom stereocenters. The predicted octanol–water partition coefficient (Wildman–Crippen LogP) is 2.67. The Morgan fingerprint density at radius 1 is 1.18 bits per heavy atom. The number of rotatable bonds is 17. The van der Waals surface area contributed by atoms with Gasteiger partial charge in [0.05, 0.1) is 19.3 Å².